The Morgan fingerprint density at radius 3 is 2.63 bits per heavy atom. The number of benzene rings is 1. The van der Waals surface area contributed by atoms with E-state index in [-0.39, 0.29) is 41.9 Å². The van der Waals surface area contributed by atoms with Crippen LogP contribution in [0.1, 0.15) is 77.2 Å². The Balaban J connectivity index is 0.00000320. The zero-order chi connectivity index (χ0) is 20.9. The summed E-state index contributed by atoms with van der Waals surface area (Å²) < 4.78 is 6.13. The van der Waals surface area contributed by atoms with Crippen LogP contribution in [0.15, 0.2) is 36.4 Å². The van der Waals surface area contributed by atoms with Crippen molar-refractivity contribution in [3.8, 4) is 17.6 Å². The van der Waals surface area contributed by atoms with E-state index < -0.39 is 5.97 Å². The van der Waals surface area contributed by atoms with Crippen molar-refractivity contribution in [1.29, 1.82) is 0 Å². The van der Waals surface area contributed by atoms with E-state index in [1.807, 2.05) is 24.3 Å². The van der Waals surface area contributed by atoms with Gasteiger partial charge in [-0.3, -0.25) is 0 Å². The molecule has 0 heterocycles. The van der Waals surface area contributed by atoms with E-state index in [1.165, 1.54) is 38.5 Å². The Kier molecular flexibility index (Phi) is 9.10. The first kappa shape index (κ1) is 25.1. The second-order valence-electron chi connectivity index (χ2n) is 9.35. The van der Waals surface area contributed by atoms with Crippen molar-refractivity contribution in [2.45, 2.75) is 71.6 Å². The van der Waals surface area contributed by atoms with Gasteiger partial charge in [0.05, 0.1) is 12.5 Å². The molecular formula is C26H33NaO3. The average Bonchev–Trinajstić information content (AvgIpc) is 2.69. The Labute approximate surface area is 204 Å². The molecule has 1 saturated carbocycles. The van der Waals surface area contributed by atoms with Gasteiger partial charge in [-0.1, -0.05) is 50.5 Å². The number of hydrogen-bond donors (Lipinski definition) is 0. The third-order valence-electron chi connectivity index (χ3n) is 7.07. The second kappa shape index (κ2) is 10.9. The summed E-state index contributed by atoms with van der Waals surface area (Å²) in [5, 5.41) is 11.0. The van der Waals surface area contributed by atoms with Gasteiger partial charge in [-0.25, -0.2) is 0 Å². The number of allylic oxidation sites excluding steroid dienone is 2. The summed E-state index contributed by atoms with van der Waals surface area (Å²) >= 11 is 0. The summed E-state index contributed by atoms with van der Waals surface area (Å²) in [6.45, 7) is 7.32. The molecule has 2 aliphatic carbocycles. The van der Waals surface area contributed by atoms with Crippen LogP contribution in [-0.4, -0.2) is 12.6 Å². The third-order valence-corrected chi connectivity index (χ3v) is 7.07. The fourth-order valence-electron chi connectivity index (χ4n) is 5.16. The standard InChI is InChI=1S/C26H34O3.Na/c1-4-8-22(17-24(27)28)21-10-12-23(13-11-21)29-19-20-9-7-16-26(18-20)15-6-5-14-25(26,2)3;/h6,10-13,15,20,22H,5,7,9,14,16-19H2,1-3H3,(H,27,28);/q;+1/p-1/t20?,22-,26?;/m0./s1. The molecule has 1 aromatic rings. The van der Waals surface area contributed by atoms with Gasteiger partial charge < -0.3 is 14.6 Å². The molecule has 3 rings (SSSR count). The fourth-order valence-corrected chi connectivity index (χ4v) is 5.16. The Bertz CT molecular complexity index is 800. The summed E-state index contributed by atoms with van der Waals surface area (Å²) in [6, 6.07) is 7.70. The summed E-state index contributed by atoms with van der Waals surface area (Å²) in [5.41, 5.74) is 1.57. The SMILES string of the molecule is CC#C[C@@H](CC(=O)[O-])c1ccc(OCC2CCCC3(C=CCCC3(C)C)C2)cc1.[Na+]. The van der Waals surface area contributed by atoms with Gasteiger partial charge in [0.1, 0.15) is 5.75 Å². The van der Waals surface area contributed by atoms with Crippen molar-refractivity contribution in [3.05, 3.63) is 42.0 Å². The molecule has 0 radical (unpaired) electrons. The van der Waals surface area contributed by atoms with E-state index >= 15 is 0 Å². The van der Waals surface area contributed by atoms with Crippen LogP contribution in [0.3, 0.4) is 0 Å². The maximum Gasteiger partial charge on any atom is 1.00 e. The zero-order valence-electron chi connectivity index (χ0n) is 19.0. The van der Waals surface area contributed by atoms with Crippen LogP contribution in [0.5, 0.6) is 5.75 Å². The molecule has 4 heteroatoms. The van der Waals surface area contributed by atoms with E-state index in [1.54, 1.807) is 6.92 Å². The maximum atomic E-state index is 11.0. The van der Waals surface area contributed by atoms with Crippen molar-refractivity contribution in [2.24, 2.45) is 16.7 Å². The van der Waals surface area contributed by atoms with Gasteiger partial charge in [-0.2, -0.15) is 0 Å². The number of carboxylic acids is 1. The molecule has 30 heavy (non-hydrogen) atoms. The van der Waals surface area contributed by atoms with E-state index in [9.17, 15) is 9.90 Å². The van der Waals surface area contributed by atoms with Crippen molar-refractivity contribution in [1.82, 2.24) is 0 Å². The predicted molar refractivity (Wildman–Crippen MR) is 114 cm³/mol. The first-order valence-electron chi connectivity index (χ1n) is 10.9. The van der Waals surface area contributed by atoms with E-state index in [4.69, 9.17) is 4.74 Å². The first-order chi connectivity index (χ1) is 13.9. The molecule has 0 saturated heterocycles. The monoisotopic (exact) mass is 416 g/mol. The van der Waals surface area contributed by atoms with Crippen molar-refractivity contribution >= 4 is 5.97 Å². The molecule has 0 bridgehead atoms. The number of aliphatic carboxylic acids is 1. The normalized spacial score (nSPS) is 25.5. The number of hydrogen-bond acceptors (Lipinski definition) is 3. The minimum Gasteiger partial charge on any atom is -0.550 e. The number of rotatable bonds is 6. The molecule has 2 aliphatic rings. The van der Waals surface area contributed by atoms with Crippen molar-refractivity contribution in [3.63, 3.8) is 0 Å². The van der Waals surface area contributed by atoms with E-state index in [2.05, 4.69) is 37.8 Å². The molecule has 3 atom stereocenters. The summed E-state index contributed by atoms with van der Waals surface area (Å²) in [5.74, 6) is 5.76. The van der Waals surface area contributed by atoms with Gasteiger partial charge in [0.25, 0.3) is 0 Å². The van der Waals surface area contributed by atoms with Crippen LogP contribution in [0, 0.1) is 28.6 Å². The van der Waals surface area contributed by atoms with Crippen LogP contribution in [-0.2, 0) is 4.79 Å². The third kappa shape index (κ3) is 5.94. The minimum atomic E-state index is -1.08. The van der Waals surface area contributed by atoms with Crippen LogP contribution in [0.2, 0.25) is 0 Å². The fraction of sp³-hybridized carbons (Fsp3) is 0.577. The molecule has 0 aromatic heterocycles. The number of carbonyl (C=O) groups excluding carboxylic acids is 1. The minimum absolute atomic E-state index is 0. The van der Waals surface area contributed by atoms with Gasteiger partial charge in [0.2, 0.25) is 0 Å². The number of carboxylic acid groups (broad SMARTS) is 1. The molecule has 1 fully saturated rings. The topological polar surface area (TPSA) is 49.4 Å². The summed E-state index contributed by atoms with van der Waals surface area (Å²) in [6.07, 6.45) is 12.3. The zero-order valence-corrected chi connectivity index (χ0v) is 21.0. The Hall–Kier alpha value is -1.21. The van der Waals surface area contributed by atoms with Crippen molar-refractivity contribution in [2.75, 3.05) is 6.61 Å². The van der Waals surface area contributed by atoms with Gasteiger partial charge >= 0.3 is 29.6 Å². The average molecular weight is 417 g/mol. The molecule has 0 aliphatic heterocycles. The first-order valence-corrected chi connectivity index (χ1v) is 10.9. The molecular weight excluding hydrogens is 383 g/mol. The van der Waals surface area contributed by atoms with Gasteiger partial charge in [-0.15, -0.1) is 5.92 Å². The quantitative estimate of drug-likeness (QED) is 0.404. The van der Waals surface area contributed by atoms with Crippen LogP contribution >= 0.6 is 0 Å². The van der Waals surface area contributed by atoms with Crippen LogP contribution in [0.25, 0.3) is 0 Å². The molecule has 0 N–H and O–H groups in total. The molecule has 1 spiro atoms. The smallest absolute Gasteiger partial charge is 0.550 e. The molecule has 156 valence electrons. The Morgan fingerprint density at radius 2 is 2.00 bits per heavy atom. The van der Waals surface area contributed by atoms with Gasteiger partial charge in [-0.05, 0) is 73.5 Å². The van der Waals surface area contributed by atoms with E-state index in [0.717, 1.165) is 17.9 Å². The predicted octanol–water partition coefficient (Wildman–Crippen LogP) is 1.87. The van der Waals surface area contributed by atoms with Crippen LogP contribution in [0.4, 0.5) is 0 Å². The van der Waals surface area contributed by atoms with E-state index in [0.29, 0.717) is 16.7 Å². The molecule has 2 unspecified atom stereocenters. The second-order valence-corrected chi connectivity index (χ2v) is 9.35. The molecule has 1 aromatic carbocycles. The maximum absolute atomic E-state index is 11.0. The van der Waals surface area contributed by atoms with Gasteiger partial charge in [0, 0.05) is 12.4 Å². The Morgan fingerprint density at radius 1 is 1.27 bits per heavy atom. The summed E-state index contributed by atoms with van der Waals surface area (Å²) in [7, 11) is 0. The largest absolute Gasteiger partial charge is 1.00 e. The molecule has 0 amide bonds. The van der Waals surface area contributed by atoms with Gasteiger partial charge in [0.15, 0.2) is 0 Å². The number of carbonyl (C=O) groups is 1. The molecule has 3 nitrogen and oxygen atoms in total. The number of ether oxygens (including phenoxy) is 1. The van der Waals surface area contributed by atoms with Crippen LogP contribution < -0.4 is 39.4 Å². The summed E-state index contributed by atoms with van der Waals surface area (Å²) in [4.78, 5) is 11.0. The van der Waals surface area contributed by atoms with Crippen molar-refractivity contribution < 1.29 is 44.2 Å².